The topological polar surface area (TPSA) is 140 Å². The van der Waals surface area contributed by atoms with Crippen molar-refractivity contribution in [3.8, 4) is 17.5 Å². The van der Waals surface area contributed by atoms with Crippen molar-refractivity contribution >= 4 is 18.3 Å². The van der Waals surface area contributed by atoms with E-state index in [-0.39, 0.29) is 17.7 Å². The summed E-state index contributed by atoms with van der Waals surface area (Å²) in [6.07, 6.45) is 11.4. The van der Waals surface area contributed by atoms with Crippen LogP contribution in [-0.2, 0) is 18.8 Å². The fourth-order valence-electron chi connectivity index (χ4n) is 4.17. The summed E-state index contributed by atoms with van der Waals surface area (Å²) < 4.78 is 9.54. The lowest BCUT2D eigenvalue weighted by atomic mass is 9.98. The summed E-state index contributed by atoms with van der Waals surface area (Å²) in [4.78, 5) is 27.0. The molecule has 35 heavy (non-hydrogen) atoms. The Morgan fingerprint density at radius 2 is 2.31 bits per heavy atom. The van der Waals surface area contributed by atoms with E-state index in [2.05, 4.69) is 35.7 Å². The summed E-state index contributed by atoms with van der Waals surface area (Å²) in [6, 6.07) is 5.27. The second-order valence-corrected chi connectivity index (χ2v) is 8.02. The molecule has 174 valence electrons. The molecule has 1 atom stereocenters. The van der Waals surface area contributed by atoms with E-state index < -0.39 is 6.04 Å². The van der Waals surface area contributed by atoms with Crippen LogP contribution in [0.1, 0.15) is 40.2 Å². The van der Waals surface area contributed by atoms with Gasteiger partial charge in [0, 0.05) is 30.6 Å². The van der Waals surface area contributed by atoms with E-state index in [1.54, 1.807) is 41.7 Å². The van der Waals surface area contributed by atoms with Crippen LogP contribution in [0.3, 0.4) is 0 Å². The number of amides is 1. The van der Waals surface area contributed by atoms with Gasteiger partial charge in [-0.2, -0.15) is 5.26 Å². The lowest BCUT2D eigenvalue weighted by molar-refractivity contribution is 0.0616. The molecular weight excluding hydrogens is 466 g/mol. The molecular formula is C23H19N9O2S. The van der Waals surface area contributed by atoms with E-state index in [1.807, 2.05) is 19.1 Å². The average molecular weight is 486 g/mol. The average Bonchev–Trinajstić information content (AvgIpc) is 3.57. The van der Waals surface area contributed by atoms with Crippen molar-refractivity contribution in [2.75, 3.05) is 6.54 Å². The van der Waals surface area contributed by atoms with E-state index in [9.17, 15) is 10.1 Å². The molecule has 5 rings (SSSR count). The third kappa shape index (κ3) is 4.13. The van der Waals surface area contributed by atoms with Gasteiger partial charge in [0.2, 0.25) is 5.89 Å². The molecule has 0 aliphatic carbocycles. The Labute approximate surface area is 205 Å². The first-order chi connectivity index (χ1) is 17.1. The van der Waals surface area contributed by atoms with Gasteiger partial charge in [0.25, 0.3) is 0 Å². The van der Waals surface area contributed by atoms with Crippen molar-refractivity contribution in [2.45, 2.75) is 25.8 Å². The molecule has 0 spiro atoms. The molecule has 3 aromatic rings. The standard InChI is InChI=1S/C23H19N9O2S/c1-14-17(6-3-10-25-14)21-28-29-22(34-21)23(33)31-11-9-18-20(27-13-26-18)19(31)8-7-15-4-2-5-16(12-24)32(15)30-35/h2-7,10,13,19H,8-9,11H2,1H3,(H,26,27)/b15-7-/t19-/m0/s1. The quantitative estimate of drug-likeness (QED) is 0.577. The summed E-state index contributed by atoms with van der Waals surface area (Å²) in [5, 5.41) is 18.8. The summed E-state index contributed by atoms with van der Waals surface area (Å²) in [6.45, 7) is 2.28. The zero-order chi connectivity index (χ0) is 24.4. The van der Waals surface area contributed by atoms with Crippen LogP contribution in [-0.4, -0.2) is 47.5 Å². The van der Waals surface area contributed by atoms with Gasteiger partial charge in [-0.05, 0) is 37.6 Å². The molecule has 0 saturated heterocycles. The number of carbonyl (C=O) groups is 1. The Kier molecular flexibility index (Phi) is 5.99. The molecule has 12 heteroatoms. The summed E-state index contributed by atoms with van der Waals surface area (Å²) in [5.41, 5.74) is 4.09. The number of carbonyl (C=O) groups excluding carboxylic acids is 1. The molecule has 1 N–H and O–H groups in total. The second-order valence-electron chi connectivity index (χ2n) is 7.86. The number of nitrogens with one attached hydrogen (secondary N) is 1. The molecule has 0 bridgehead atoms. The molecule has 5 heterocycles. The number of aryl methyl sites for hydroxylation is 1. The Morgan fingerprint density at radius 3 is 3.11 bits per heavy atom. The molecule has 0 fully saturated rings. The molecule has 3 aromatic heterocycles. The predicted molar refractivity (Wildman–Crippen MR) is 126 cm³/mol. The van der Waals surface area contributed by atoms with Gasteiger partial charge in [0.15, 0.2) is 0 Å². The fourth-order valence-corrected chi connectivity index (χ4v) is 4.35. The van der Waals surface area contributed by atoms with Gasteiger partial charge < -0.3 is 14.3 Å². The van der Waals surface area contributed by atoms with Gasteiger partial charge in [-0.15, -0.1) is 10.2 Å². The number of nitrogens with zero attached hydrogens (tertiary/aromatic N) is 8. The van der Waals surface area contributed by atoms with Crippen LogP contribution >= 0.6 is 0 Å². The number of fused-ring (bicyclic) bond motifs is 1. The number of H-pyrrole nitrogens is 1. The first-order valence-electron chi connectivity index (χ1n) is 10.8. The Morgan fingerprint density at radius 1 is 1.43 bits per heavy atom. The third-order valence-corrected chi connectivity index (χ3v) is 6.06. The fraction of sp³-hybridized carbons (Fsp3) is 0.217. The van der Waals surface area contributed by atoms with Gasteiger partial charge in [0.1, 0.15) is 11.8 Å². The van der Waals surface area contributed by atoms with E-state index in [4.69, 9.17) is 16.8 Å². The number of rotatable bonds is 5. The van der Waals surface area contributed by atoms with Crippen molar-refractivity contribution in [1.82, 2.24) is 35.1 Å². The number of allylic oxidation sites excluding steroid dienone is 4. The van der Waals surface area contributed by atoms with Crippen LogP contribution in [0.15, 0.2) is 69.2 Å². The van der Waals surface area contributed by atoms with Crippen LogP contribution in [0.5, 0.6) is 0 Å². The van der Waals surface area contributed by atoms with Crippen molar-refractivity contribution in [1.29, 1.82) is 5.26 Å². The van der Waals surface area contributed by atoms with Gasteiger partial charge in [-0.3, -0.25) is 9.78 Å². The van der Waals surface area contributed by atoms with E-state index in [0.717, 1.165) is 17.1 Å². The number of aromatic amines is 1. The van der Waals surface area contributed by atoms with Crippen molar-refractivity contribution < 1.29 is 9.21 Å². The van der Waals surface area contributed by atoms with Gasteiger partial charge in [0.05, 0.1) is 41.7 Å². The van der Waals surface area contributed by atoms with E-state index >= 15 is 0 Å². The Balaban J connectivity index is 1.44. The van der Waals surface area contributed by atoms with Crippen LogP contribution in [0, 0.1) is 18.3 Å². The number of imidazole rings is 1. The molecule has 0 radical (unpaired) electrons. The monoisotopic (exact) mass is 485 g/mol. The molecule has 0 aromatic carbocycles. The highest BCUT2D eigenvalue weighted by molar-refractivity contribution is 7.47. The highest BCUT2D eigenvalue weighted by atomic mass is 32.1. The number of nitriles is 1. The lowest BCUT2D eigenvalue weighted by Crippen LogP contribution is -2.40. The Hall–Kier alpha value is -4.50. The highest BCUT2D eigenvalue weighted by Gasteiger charge is 2.35. The summed E-state index contributed by atoms with van der Waals surface area (Å²) in [5.74, 6) is -0.251. The molecule has 0 unspecified atom stereocenters. The molecule has 0 saturated carbocycles. The zero-order valence-corrected chi connectivity index (χ0v) is 19.4. The largest absolute Gasteiger partial charge is 0.412 e. The first kappa shape index (κ1) is 22.3. The number of pyridine rings is 1. The van der Waals surface area contributed by atoms with Crippen LogP contribution in [0.2, 0.25) is 0 Å². The van der Waals surface area contributed by atoms with Crippen molar-refractivity contribution in [3.63, 3.8) is 0 Å². The first-order valence-corrected chi connectivity index (χ1v) is 11.2. The van der Waals surface area contributed by atoms with Gasteiger partial charge in [-0.25, -0.2) is 9.99 Å². The molecule has 2 aliphatic heterocycles. The molecule has 11 nitrogen and oxygen atoms in total. The normalized spacial score (nSPS) is 18.2. The van der Waals surface area contributed by atoms with E-state index in [1.165, 1.54) is 5.01 Å². The Bertz CT molecular complexity index is 1430. The summed E-state index contributed by atoms with van der Waals surface area (Å²) >= 11 is 4.86. The maximum atomic E-state index is 13.5. The van der Waals surface area contributed by atoms with Crippen LogP contribution in [0.25, 0.3) is 11.5 Å². The van der Waals surface area contributed by atoms with Gasteiger partial charge in [-0.1, -0.05) is 16.6 Å². The predicted octanol–water partition coefficient (Wildman–Crippen LogP) is 3.10. The minimum atomic E-state index is -0.391. The van der Waals surface area contributed by atoms with Crippen LogP contribution < -0.4 is 0 Å². The number of hydrogen-bond acceptors (Lipinski definition) is 9. The minimum absolute atomic E-state index is 0.102. The molecule has 2 aliphatic rings. The maximum absolute atomic E-state index is 13.5. The minimum Gasteiger partial charge on any atom is -0.412 e. The second kappa shape index (κ2) is 9.40. The third-order valence-electron chi connectivity index (χ3n) is 5.89. The lowest BCUT2D eigenvalue weighted by Gasteiger charge is -2.33. The van der Waals surface area contributed by atoms with Crippen molar-refractivity contribution in [2.24, 2.45) is 4.47 Å². The SMILES string of the molecule is Cc1ncccc1-c1nnc(C(=O)N2CCc3[nH]cnc3[C@@H]2C/C=C2/C=CC=C(C#N)N2N=S)o1. The van der Waals surface area contributed by atoms with Crippen LogP contribution in [0.4, 0.5) is 0 Å². The molecule has 1 amide bonds. The van der Waals surface area contributed by atoms with Gasteiger partial charge >= 0.3 is 11.8 Å². The maximum Gasteiger partial charge on any atom is 0.312 e. The summed E-state index contributed by atoms with van der Waals surface area (Å²) in [7, 11) is 0. The zero-order valence-electron chi connectivity index (χ0n) is 18.6. The van der Waals surface area contributed by atoms with Crippen molar-refractivity contribution in [3.05, 3.63) is 83.3 Å². The number of hydrogen-bond donors (Lipinski definition) is 1. The highest BCUT2D eigenvalue weighted by Crippen LogP contribution is 2.33. The smallest absolute Gasteiger partial charge is 0.312 e. The van der Waals surface area contributed by atoms with E-state index in [0.29, 0.717) is 36.3 Å². The number of aromatic nitrogens is 5.